The molecule has 1 aromatic carbocycles. The van der Waals surface area contributed by atoms with Crippen LogP contribution in [0.5, 0.6) is 0 Å². The Bertz CT molecular complexity index is 428. The predicted octanol–water partition coefficient (Wildman–Crippen LogP) is 2.70. The van der Waals surface area contributed by atoms with Gasteiger partial charge in [-0.25, -0.2) is 0 Å². The van der Waals surface area contributed by atoms with Crippen molar-refractivity contribution in [3.05, 3.63) is 33.3 Å². The van der Waals surface area contributed by atoms with E-state index >= 15 is 0 Å². The summed E-state index contributed by atoms with van der Waals surface area (Å²) in [5.74, 6) is -0.0117. The van der Waals surface area contributed by atoms with E-state index in [0.717, 1.165) is 17.4 Å². The minimum atomic E-state index is -0.0117. The molecular formula is C11H13BrCl2N2O. The average molecular weight is 340 g/mol. The van der Waals surface area contributed by atoms with Crippen molar-refractivity contribution in [1.82, 2.24) is 4.90 Å². The summed E-state index contributed by atoms with van der Waals surface area (Å²) in [6.07, 6.45) is 0.865. The Morgan fingerprint density at radius 2 is 2.24 bits per heavy atom. The molecular weight excluding hydrogens is 327 g/mol. The third kappa shape index (κ3) is 3.35. The lowest BCUT2D eigenvalue weighted by Gasteiger charge is -2.16. The molecule has 0 bridgehead atoms. The maximum Gasteiger partial charge on any atom is 0.255 e. The van der Waals surface area contributed by atoms with E-state index in [1.807, 2.05) is 0 Å². The highest BCUT2D eigenvalue weighted by molar-refractivity contribution is 9.10. The maximum atomic E-state index is 12.1. The Morgan fingerprint density at radius 1 is 1.53 bits per heavy atom. The van der Waals surface area contributed by atoms with Gasteiger partial charge in [-0.2, -0.15) is 0 Å². The highest BCUT2D eigenvalue weighted by atomic mass is 79.9. The molecule has 1 saturated heterocycles. The number of benzene rings is 1. The van der Waals surface area contributed by atoms with Crippen molar-refractivity contribution in [2.75, 3.05) is 13.1 Å². The molecule has 3 nitrogen and oxygen atoms in total. The normalized spacial score (nSPS) is 19.0. The van der Waals surface area contributed by atoms with E-state index < -0.39 is 0 Å². The van der Waals surface area contributed by atoms with Crippen LogP contribution in [0.3, 0.4) is 0 Å². The Hall–Kier alpha value is -0.290. The van der Waals surface area contributed by atoms with Crippen molar-refractivity contribution in [1.29, 1.82) is 0 Å². The van der Waals surface area contributed by atoms with Gasteiger partial charge in [0.1, 0.15) is 0 Å². The molecule has 1 aromatic rings. The fourth-order valence-electron chi connectivity index (χ4n) is 1.80. The molecule has 0 unspecified atom stereocenters. The molecule has 1 aliphatic rings. The first-order valence-corrected chi connectivity index (χ1v) is 6.25. The standard InChI is InChI=1S/C11H12BrClN2O.ClH/c12-10-2-1-7(13)5-9(10)11(16)15-4-3-8(14)6-15;/h1-2,5,8H,3-4,6,14H2;1H/t8-;/m1./s1. The summed E-state index contributed by atoms with van der Waals surface area (Å²) >= 11 is 9.24. The van der Waals surface area contributed by atoms with Crippen LogP contribution in [0.4, 0.5) is 0 Å². The zero-order chi connectivity index (χ0) is 11.7. The average Bonchev–Trinajstić information content (AvgIpc) is 2.67. The first kappa shape index (κ1) is 14.8. The Labute approximate surface area is 120 Å². The number of likely N-dealkylation sites (tertiary alicyclic amines) is 1. The van der Waals surface area contributed by atoms with Gasteiger partial charge in [-0.15, -0.1) is 12.4 Å². The summed E-state index contributed by atoms with van der Waals surface area (Å²) in [6, 6.07) is 5.31. The maximum absolute atomic E-state index is 12.1. The van der Waals surface area contributed by atoms with Crippen molar-refractivity contribution in [3.8, 4) is 0 Å². The molecule has 0 aromatic heterocycles. The zero-order valence-electron chi connectivity index (χ0n) is 9.03. The minimum absolute atomic E-state index is 0. The van der Waals surface area contributed by atoms with Crippen molar-refractivity contribution < 1.29 is 4.79 Å². The van der Waals surface area contributed by atoms with Crippen LogP contribution in [0.25, 0.3) is 0 Å². The monoisotopic (exact) mass is 338 g/mol. The number of hydrogen-bond acceptors (Lipinski definition) is 2. The largest absolute Gasteiger partial charge is 0.337 e. The van der Waals surface area contributed by atoms with E-state index in [0.29, 0.717) is 17.1 Å². The summed E-state index contributed by atoms with van der Waals surface area (Å²) < 4.78 is 0.766. The lowest BCUT2D eigenvalue weighted by Crippen LogP contribution is -2.32. The molecule has 0 saturated carbocycles. The first-order valence-electron chi connectivity index (χ1n) is 5.08. The molecule has 0 aliphatic carbocycles. The van der Waals surface area contributed by atoms with Crippen LogP contribution in [0.1, 0.15) is 16.8 Å². The van der Waals surface area contributed by atoms with E-state index in [9.17, 15) is 4.79 Å². The summed E-state index contributed by atoms with van der Waals surface area (Å²) in [5.41, 5.74) is 6.38. The Balaban J connectivity index is 0.00000144. The van der Waals surface area contributed by atoms with Crippen LogP contribution in [0.15, 0.2) is 22.7 Å². The second kappa shape index (κ2) is 6.05. The molecule has 1 heterocycles. The molecule has 6 heteroatoms. The predicted molar refractivity (Wildman–Crippen MR) is 74.9 cm³/mol. The summed E-state index contributed by atoms with van der Waals surface area (Å²) in [4.78, 5) is 13.9. The minimum Gasteiger partial charge on any atom is -0.337 e. The second-order valence-electron chi connectivity index (χ2n) is 3.92. The summed E-state index contributed by atoms with van der Waals surface area (Å²) in [5, 5.41) is 0.565. The lowest BCUT2D eigenvalue weighted by atomic mass is 10.2. The summed E-state index contributed by atoms with van der Waals surface area (Å²) in [6.45, 7) is 1.34. The van der Waals surface area contributed by atoms with E-state index in [1.165, 1.54) is 0 Å². The van der Waals surface area contributed by atoms with Gasteiger partial charge in [0.15, 0.2) is 0 Å². The van der Waals surface area contributed by atoms with Gasteiger partial charge < -0.3 is 10.6 Å². The molecule has 1 amide bonds. The van der Waals surface area contributed by atoms with Crippen LogP contribution in [-0.4, -0.2) is 29.9 Å². The number of carbonyl (C=O) groups is 1. The molecule has 2 rings (SSSR count). The van der Waals surface area contributed by atoms with E-state index in [2.05, 4.69) is 15.9 Å². The molecule has 94 valence electrons. The molecule has 1 aliphatic heterocycles. The van der Waals surface area contributed by atoms with Crippen molar-refractivity contribution >= 4 is 45.8 Å². The molecule has 1 atom stereocenters. The molecule has 2 N–H and O–H groups in total. The number of hydrogen-bond donors (Lipinski definition) is 1. The molecule has 1 fully saturated rings. The van der Waals surface area contributed by atoms with Crippen LogP contribution in [-0.2, 0) is 0 Å². The Kier molecular flexibility index (Phi) is 5.25. The first-order chi connectivity index (χ1) is 7.58. The zero-order valence-corrected chi connectivity index (χ0v) is 12.2. The van der Waals surface area contributed by atoms with Crippen LogP contribution in [0.2, 0.25) is 5.02 Å². The number of rotatable bonds is 1. The van der Waals surface area contributed by atoms with Gasteiger partial charge in [0.25, 0.3) is 5.91 Å². The van der Waals surface area contributed by atoms with Gasteiger partial charge in [0.2, 0.25) is 0 Å². The van der Waals surface area contributed by atoms with Gasteiger partial charge in [-0.3, -0.25) is 4.79 Å². The third-order valence-corrected chi connectivity index (χ3v) is 3.60. The second-order valence-corrected chi connectivity index (χ2v) is 5.21. The van der Waals surface area contributed by atoms with Crippen LogP contribution >= 0.6 is 39.9 Å². The van der Waals surface area contributed by atoms with E-state index in [-0.39, 0.29) is 24.4 Å². The van der Waals surface area contributed by atoms with E-state index in [4.69, 9.17) is 17.3 Å². The topological polar surface area (TPSA) is 46.3 Å². The SMILES string of the molecule is Cl.N[C@@H]1CCN(C(=O)c2cc(Cl)ccc2Br)C1. The molecule has 17 heavy (non-hydrogen) atoms. The number of amides is 1. The molecule has 0 radical (unpaired) electrons. The lowest BCUT2D eigenvalue weighted by molar-refractivity contribution is 0.0790. The number of nitrogens with two attached hydrogens (primary N) is 1. The van der Waals surface area contributed by atoms with Crippen LogP contribution < -0.4 is 5.73 Å². The van der Waals surface area contributed by atoms with Gasteiger partial charge in [-0.1, -0.05) is 11.6 Å². The van der Waals surface area contributed by atoms with Gasteiger partial charge in [0.05, 0.1) is 5.56 Å². The Morgan fingerprint density at radius 3 is 2.82 bits per heavy atom. The fraction of sp³-hybridized carbons (Fsp3) is 0.364. The number of nitrogens with zero attached hydrogens (tertiary/aromatic N) is 1. The van der Waals surface area contributed by atoms with Gasteiger partial charge in [0, 0.05) is 28.6 Å². The quantitative estimate of drug-likeness (QED) is 0.855. The van der Waals surface area contributed by atoms with Crippen molar-refractivity contribution in [3.63, 3.8) is 0 Å². The third-order valence-electron chi connectivity index (χ3n) is 2.67. The highest BCUT2D eigenvalue weighted by Gasteiger charge is 2.25. The number of halogens is 3. The van der Waals surface area contributed by atoms with Crippen molar-refractivity contribution in [2.45, 2.75) is 12.5 Å². The van der Waals surface area contributed by atoms with Crippen LogP contribution in [0, 0.1) is 0 Å². The van der Waals surface area contributed by atoms with Gasteiger partial charge in [-0.05, 0) is 40.5 Å². The highest BCUT2D eigenvalue weighted by Crippen LogP contribution is 2.23. The molecule has 0 spiro atoms. The van der Waals surface area contributed by atoms with E-state index in [1.54, 1.807) is 23.1 Å². The van der Waals surface area contributed by atoms with Gasteiger partial charge >= 0.3 is 0 Å². The number of carbonyl (C=O) groups excluding carboxylic acids is 1. The fourth-order valence-corrected chi connectivity index (χ4v) is 2.39. The smallest absolute Gasteiger partial charge is 0.255 e. The van der Waals surface area contributed by atoms with Crippen molar-refractivity contribution in [2.24, 2.45) is 5.73 Å². The summed E-state index contributed by atoms with van der Waals surface area (Å²) in [7, 11) is 0.